The van der Waals surface area contributed by atoms with Crippen LogP contribution in [0.5, 0.6) is 0 Å². The molecule has 15 heavy (non-hydrogen) atoms. The molecule has 1 N–H and O–H groups in total. The third-order valence-electron chi connectivity index (χ3n) is 3.29. The molecule has 0 atom stereocenters. The summed E-state index contributed by atoms with van der Waals surface area (Å²) in [6, 6.07) is 0. The van der Waals surface area contributed by atoms with Crippen molar-refractivity contribution in [3.63, 3.8) is 0 Å². The lowest BCUT2D eigenvalue weighted by atomic mass is 9.81. The maximum absolute atomic E-state index is 11.5. The maximum atomic E-state index is 11.5. The summed E-state index contributed by atoms with van der Waals surface area (Å²) in [5.74, 6) is 0.752. The van der Waals surface area contributed by atoms with Crippen LogP contribution in [0, 0.1) is 5.92 Å². The predicted molar refractivity (Wildman–Crippen MR) is 61.7 cm³/mol. The van der Waals surface area contributed by atoms with Gasteiger partial charge in [-0.1, -0.05) is 33.1 Å². The van der Waals surface area contributed by atoms with Gasteiger partial charge >= 0.3 is 0 Å². The number of rotatable bonds is 5. The molecule has 0 spiro atoms. The molecular weight excluding hydrogens is 188 g/mol. The van der Waals surface area contributed by atoms with Crippen molar-refractivity contribution in [2.45, 2.75) is 70.8 Å². The van der Waals surface area contributed by atoms with E-state index in [4.69, 9.17) is 0 Å². The Labute approximate surface area is 93.1 Å². The van der Waals surface area contributed by atoms with Gasteiger partial charge in [-0.2, -0.15) is 0 Å². The molecule has 88 valence electrons. The Balaban J connectivity index is 2.25. The number of aliphatic hydroxyl groups is 1. The van der Waals surface area contributed by atoms with E-state index >= 15 is 0 Å². The first-order valence-corrected chi connectivity index (χ1v) is 6.26. The van der Waals surface area contributed by atoms with E-state index in [2.05, 4.69) is 13.8 Å². The van der Waals surface area contributed by atoms with Crippen LogP contribution in [0.15, 0.2) is 0 Å². The number of ketones is 1. The number of carbonyl (C=O) groups excluding carboxylic acids is 1. The lowest BCUT2D eigenvalue weighted by Gasteiger charge is -2.31. The fourth-order valence-electron chi connectivity index (χ4n) is 2.39. The SMILES string of the molecule is CC(C)CC(=O)CCC1(O)CCCCC1. The average molecular weight is 212 g/mol. The van der Waals surface area contributed by atoms with E-state index in [0.717, 1.165) is 25.7 Å². The molecule has 1 aliphatic rings. The quantitative estimate of drug-likeness (QED) is 0.760. The summed E-state index contributed by atoms with van der Waals surface area (Å²) in [5.41, 5.74) is -0.523. The summed E-state index contributed by atoms with van der Waals surface area (Å²) in [7, 11) is 0. The van der Waals surface area contributed by atoms with Gasteiger partial charge in [-0.3, -0.25) is 4.79 Å². The average Bonchev–Trinajstić information content (AvgIpc) is 2.15. The monoisotopic (exact) mass is 212 g/mol. The molecule has 2 nitrogen and oxygen atoms in total. The third-order valence-corrected chi connectivity index (χ3v) is 3.29. The highest BCUT2D eigenvalue weighted by molar-refractivity contribution is 5.78. The number of carbonyl (C=O) groups is 1. The number of hydrogen-bond acceptors (Lipinski definition) is 2. The van der Waals surface area contributed by atoms with Crippen molar-refractivity contribution >= 4 is 5.78 Å². The fourth-order valence-corrected chi connectivity index (χ4v) is 2.39. The third kappa shape index (κ3) is 4.78. The lowest BCUT2D eigenvalue weighted by molar-refractivity contribution is -0.121. The molecular formula is C13H24O2. The van der Waals surface area contributed by atoms with Gasteiger partial charge in [0, 0.05) is 12.8 Å². The van der Waals surface area contributed by atoms with Crippen molar-refractivity contribution in [2.75, 3.05) is 0 Å². The highest BCUT2D eigenvalue weighted by atomic mass is 16.3. The first-order valence-electron chi connectivity index (χ1n) is 6.26. The van der Waals surface area contributed by atoms with Crippen LogP contribution in [-0.2, 0) is 4.79 Å². The highest BCUT2D eigenvalue weighted by Gasteiger charge is 2.29. The molecule has 0 aliphatic heterocycles. The highest BCUT2D eigenvalue weighted by Crippen LogP contribution is 2.32. The van der Waals surface area contributed by atoms with Gasteiger partial charge in [0.2, 0.25) is 0 Å². The minimum Gasteiger partial charge on any atom is -0.390 e. The smallest absolute Gasteiger partial charge is 0.133 e. The van der Waals surface area contributed by atoms with E-state index in [1.807, 2.05) is 0 Å². The van der Waals surface area contributed by atoms with Crippen LogP contribution in [0.2, 0.25) is 0 Å². The van der Waals surface area contributed by atoms with Gasteiger partial charge in [-0.15, -0.1) is 0 Å². The molecule has 0 radical (unpaired) electrons. The molecule has 1 aliphatic carbocycles. The molecule has 0 bridgehead atoms. The largest absolute Gasteiger partial charge is 0.390 e. The van der Waals surface area contributed by atoms with Gasteiger partial charge in [-0.25, -0.2) is 0 Å². The summed E-state index contributed by atoms with van der Waals surface area (Å²) >= 11 is 0. The normalized spacial score (nSPS) is 20.5. The molecule has 1 rings (SSSR count). The molecule has 0 aromatic heterocycles. The minimum absolute atomic E-state index is 0.309. The van der Waals surface area contributed by atoms with Gasteiger partial charge in [-0.05, 0) is 25.2 Å². The van der Waals surface area contributed by atoms with E-state index in [0.29, 0.717) is 31.0 Å². The molecule has 0 aromatic rings. The van der Waals surface area contributed by atoms with Gasteiger partial charge in [0.25, 0.3) is 0 Å². The molecule has 0 amide bonds. The van der Waals surface area contributed by atoms with Crippen molar-refractivity contribution in [3.8, 4) is 0 Å². The van der Waals surface area contributed by atoms with Crippen molar-refractivity contribution in [3.05, 3.63) is 0 Å². The second-order valence-corrected chi connectivity index (χ2v) is 5.42. The van der Waals surface area contributed by atoms with Crippen LogP contribution < -0.4 is 0 Å². The standard InChI is InChI=1S/C13H24O2/c1-11(2)10-12(14)6-9-13(15)7-4-3-5-8-13/h11,15H,3-10H2,1-2H3. The van der Waals surface area contributed by atoms with Crippen molar-refractivity contribution in [1.29, 1.82) is 0 Å². The Hall–Kier alpha value is -0.370. The zero-order valence-corrected chi connectivity index (χ0v) is 10.1. The Kier molecular flexibility index (Phi) is 4.78. The lowest BCUT2D eigenvalue weighted by Crippen LogP contribution is -2.31. The Morgan fingerprint density at radius 3 is 2.40 bits per heavy atom. The van der Waals surface area contributed by atoms with E-state index in [9.17, 15) is 9.90 Å². The Morgan fingerprint density at radius 2 is 1.87 bits per heavy atom. The molecule has 0 saturated heterocycles. The van der Waals surface area contributed by atoms with Gasteiger partial charge < -0.3 is 5.11 Å². The van der Waals surface area contributed by atoms with Crippen molar-refractivity contribution in [1.82, 2.24) is 0 Å². The summed E-state index contributed by atoms with van der Waals surface area (Å²) in [5, 5.41) is 10.2. The molecule has 0 aromatic carbocycles. The molecule has 1 fully saturated rings. The summed E-state index contributed by atoms with van der Waals surface area (Å²) in [6.45, 7) is 4.13. The maximum Gasteiger partial charge on any atom is 0.133 e. The summed E-state index contributed by atoms with van der Waals surface area (Å²) in [4.78, 5) is 11.5. The predicted octanol–water partition coefficient (Wildman–Crippen LogP) is 3.08. The van der Waals surface area contributed by atoms with Crippen LogP contribution in [-0.4, -0.2) is 16.5 Å². The van der Waals surface area contributed by atoms with Crippen LogP contribution in [0.1, 0.15) is 65.2 Å². The van der Waals surface area contributed by atoms with Crippen LogP contribution in [0.3, 0.4) is 0 Å². The van der Waals surface area contributed by atoms with Crippen LogP contribution in [0.25, 0.3) is 0 Å². The van der Waals surface area contributed by atoms with Crippen molar-refractivity contribution < 1.29 is 9.90 Å². The second-order valence-electron chi connectivity index (χ2n) is 5.42. The minimum atomic E-state index is -0.523. The zero-order chi connectivity index (χ0) is 11.3. The fraction of sp³-hybridized carbons (Fsp3) is 0.923. The summed E-state index contributed by atoms with van der Waals surface area (Å²) in [6.07, 6.45) is 7.17. The van der Waals surface area contributed by atoms with Gasteiger partial charge in [0.05, 0.1) is 5.60 Å². The van der Waals surface area contributed by atoms with E-state index in [1.54, 1.807) is 0 Å². The van der Waals surface area contributed by atoms with E-state index in [-0.39, 0.29) is 0 Å². The molecule has 0 unspecified atom stereocenters. The van der Waals surface area contributed by atoms with Crippen LogP contribution >= 0.6 is 0 Å². The first-order chi connectivity index (χ1) is 7.02. The van der Waals surface area contributed by atoms with Crippen LogP contribution in [0.4, 0.5) is 0 Å². The number of hydrogen-bond donors (Lipinski definition) is 1. The second kappa shape index (κ2) is 5.64. The summed E-state index contributed by atoms with van der Waals surface area (Å²) < 4.78 is 0. The van der Waals surface area contributed by atoms with Gasteiger partial charge in [0.15, 0.2) is 0 Å². The molecule has 1 saturated carbocycles. The molecule has 0 heterocycles. The van der Waals surface area contributed by atoms with E-state index in [1.165, 1.54) is 6.42 Å². The zero-order valence-electron chi connectivity index (χ0n) is 10.1. The van der Waals surface area contributed by atoms with Gasteiger partial charge in [0.1, 0.15) is 5.78 Å². The Bertz CT molecular complexity index is 203. The molecule has 2 heteroatoms. The first kappa shape index (κ1) is 12.7. The topological polar surface area (TPSA) is 37.3 Å². The Morgan fingerprint density at radius 1 is 1.27 bits per heavy atom. The van der Waals surface area contributed by atoms with E-state index < -0.39 is 5.60 Å². The van der Waals surface area contributed by atoms with Crippen molar-refractivity contribution in [2.24, 2.45) is 5.92 Å². The number of Topliss-reactive ketones (excluding diaryl/α,β-unsaturated/α-hetero) is 1.